The van der Waals surface area contributed by atoms with E-state index >= 15 is 0 Å². The van der Waals surface area contributed by atoms with Gasteiger partial charge in [0.2, 0.25) is 0 Å². The van der Waals surface area contributed by atoms with Crippen LogP contribution in [0.15, 0.2) is 80.8 Å². The molecule has 3 aromatic carbocycles. The summed E-state index contributed by atoms with van der Waals surface area (Å²) < 4.78 is 40.4. The number of ether oxygens (including phenoxy) is 1. The average molecular weight is 410 g/mol. The molecule has 0 aliphatic rings. The van der Waals surface area contributed by atoms with Gasteiger partial charge in [0.15, 0.2) is 5.58 Å². The molecule has 0 amide bonds. The minimum Gasteiger partial charge on any atom is -0.457 e. The van der Waals surface area contributed by atoms with E-state index in [9.17, 15) is 13.2 Å². The summed E-state index contributed by atoms with van der Waals surface area (Å²) in [6.45, 7) is 1.67. The second-order valence-corrected chi connectivity index (χ2v) is 8.21. The predicted octanol–water partition coefficient (Wildman–Crippen LogP) is 4.03. The lowest BCUT2D eigenvalue weighted by molar-refractivity contribution is 0.483. The Morgan fingerprint density at radius 2 is 1.62 bits per heavy atom. The highest BCUT2D eigenvalue weighted by Crippen LogP contribution is 2.26. The summed E-state index contributed by atoms with van der Waals surface area (Å²) >= 11 is 0. The van der Waals surface area contributed by atoms with Gasteiger partial charge in [-0.25, -0.2) is 13.2 Å². The van der Waals surface area contributed by atoms with Crippen molar-refractivity contribution in [2.45, 2.75) is 11.8 Å². The Balaban J connectivity index is 1.59. The summed E-state index contributed by atoms with van der Waals surface area (Å²) in [5.41, 5.74) is 1.65. The molecule has 0 saturated carbocycles. The highest BCUT2D eigenvalue weighted by Gasteiger charge is 2.20. The number of sulfonamides is 1. The lowest BCUT2D eigenvalue weighted by Crippen LogP contribution is -2.14. The fraction of sp³-hybridized carbons (Fsp3) is 0.0952. The molecule has 1 aromatic heterocycles. The topological polar surface area (TPSA) is 90.5 Å². The standard InChI is InChI=1S/C21H18N2O5S/c1-14-12-18-19(28-21(24)23(18)2)13-20(14)29(25,26)22-15-8-10-17(11-9-15)27-16-6-4-3-5-7-16/h3-13,22H,1-2H3. The SMILES string of the molecule is Cc1cc2c(cc1S(=O)(=O)Nc1ccc(Oc3ccccc3)cc1)oc(=O)n2C. The average Bonchev–Trinajstić information content (AvgIpc) is 2.97. The molecule has 148 valence electrons. The maximum atomic E-state index is 12.9. The number of hydrogen-bond donors (Lipinski definition) is 1. The summed E-state index contributed by atoms with van der Waals surface area (Å²) in [6, 6.07) is 18.9. The molecular weight excluding hydrogens is 392 g/mol. The smallest absolute Gasteiger partial charge is 0.419 e. The highest BCUT2D eigenvalue weighted by molar-refractivity contribution is 7.92. The van der Waals surface area contributed by atoms with Gasteiger partial charge >= 0.3 is 5.76 Å². The summed E-state index contributed by atoms with van der Waals surface area (Å²) in [4.78, 5) is 11.7. The van der Waals surface area contributed by atoms with Crippen molar-refractivity contribution in [2.24, 2.45) is 7.05 Å². The fourth-order valence-electron chi connectivity index (χ4n) is 2.97. The van der Waals surface area contributed by atoms with Gasteiger partial charge in [-0.3, -0.25) is 9.29 Å². The van der Waals surface area contributed by atoms with E-state index in [1.807, 2.05) is 30.3 Å². The lowest BCUT2D eigenvalue weighted by Gasteiger charge is -2.11. The second kappa shape index (κ2) is 7.14. The molecule has 4 aromatic rings. The molecule has 0 aliphatic carbocycles. The number of nitrogens with zero attached hydrogens (tertiary/aromatic N) is 1. The lowest BCUT2D eigenvalue weighted by atomic mass is 10.2. The Kier molecular flexibility index (Phi) is 4.63. The first-order valence-corrected chi connectivity index (χ1v) is 10.3. The van der Waals surface area contributed by atoms with Crippen molar-refractivity contribution in [1.29, 1.82) is 0 Å². The van der Waals surface area contributed by atoms with Crippen LogP contribution in [0.25, 0.3) is 11.1 Å². The van der Waals surface area contributed by atoms with E-state index in [2.05, 4.69) is 4.72 Å². The van der Waals surface area contributed by atoms with Crippen LogP contribution in [0.2, 0.25) is 0 Å². The van der Waals surface area contributed by atoms with Crippen LogP contribution >= 0.6 is 0 Å². The number of aromatic nitrogens is 1. The second-order valence-electron chi connectivity index (χ2n) is 6.56. The van der Waals surface area contributed by atoms with Crippen LogP contribution in [0.5, 0.6) is 11.5 Å². The van der Waals surface area contributed by atoms with Gasteiger partial charge in [0.05, 0.1) is 10.4 Å². The summed E-state index contributed by atoms with van der Waals surface area (Å²) in [5.74, 6) is 0.729. The third-order valence-electron chi connectivity index (χ3n) is 4.46. The van der Waals surface area contributed by atoms with Crippen molar-refractivity contribution in [3.8, 4) is 11.5 Å². The van der Waals surface area contributed by atoms with Gasteiger partial charge in [-0.05, 0) is 55.0 Å². The van der Waals surface area contributed by atoms with Crippen LogP contribution in [0.1, 0.15) is 5.56 Å². The molecule has 0 unspecified atom stereocenters. The number of para-hydroxylation sites is 1. The van der Waals surface area contributed by atoms with E-state index < -0.39 is 15.8 Å². The first-order chi connectivity index (χ1) is 13.8. The summed E-state index contributed by atoms with van der Waals surface area (Å²) in [6.07, 6.45) is 0. The molecule has 0 bridgehead atoms. The van der Waals surface area contributed by atoms with Crippen molar-refractivity contribution in [3.05, 3.63) is 82.8 Å². The van der Waals surface area contributed by atoms with Crippen LogP contribution in [-0.2, 0) is 17.1 Å². The van der Waals surface area contributed by atoms with Crippen molar-refractivity contribution in [2.75, 3.05) is 4.72 Å². The van der Waals surface area contributed by atoms with Crippen molar-refractivity contribution in [3.63, 3.8) is 0 Å². The molecule has 0 aliphatic heterocycles. The molecule has 0 fully saturated rings. The third kappa shape index (κ3) is 3.74. The molecule has 0 spiro atoms. The Labute approximate surface area is 167 Å². The third-order valence-corrected chi connectivity index (χ3v) is 5.99. The van der Waals surface area contributed by atoms with E-state index in [0.29, 0.717) is 28.3 Å². The molecule has 0 atom stereocenters. The van der Waals surface area contributed by atoms with Gasteiger partial charge in [-0.15, -0.1) is 0 Å². The zero-order valence-corrected chi connectivity index (χ0v) is 16.6. The van der Waals surface area contributed by atoms with Gasteiger partial charge < -0.3 is 9.15 Å². The molecule has 8 heteroatoms. The van der Waals surface area contributed by atoms with Crippen molar-refractivity contribution < 1.29 is 17.6 Å². The Hall–Kier alpha value is -3.52. The van der Waals surface area contributed by atoms with Gasteiger partial charge in [0, 0.05) is 18.8 Å². The first kappa shape index (κ1) is 18.8. The van der Waals surface area contributed by atoms with Gasteiger partial charge in [0.1, 0.15) is 11.5 Å². The normalized spacial score (nSPS) is 11.5. The molecular formula is C21H18N2O5S. The van der Waals surface area contributed by atoms with Crippen LogP contribution in [0, 0.1) is 6.92 Å². The van der Waals surface area contributed by atoms with E-state index in [4.69, 9.17) is 9.15 Å². The zero-order chi connectivity index (χ0) is 20.6. The van der Waals surface area contributed by atoms with Crippen LogP contribution < -0.4 is 15.2 Å². The van der Waals surface area contributed by atoms with E-state index in [-0.39, 0.29) is 10.5 Å². The predicted molar refractivity (Wildman–Crippen MR) is 110 cm³/mol. The Morgan fingerprint density at radius 3 is 2.31 bits per heavy atom. The Morgan fingerprint density at radius 1 is 0.966 bits per heavy atom. The minimum atomic E-state index is -3.87. The van der Waals surface area contributed by atoms with Gasteiger partial charge in [0.25, 0.3) is 10.0 Å². The summed E-state index contributed by atoms with van der Waals surface area (Å²) in [7, 11) is -2.30. The quantitative estimate of drug-likeness (QED) is 0.536. The van der Waals surface area contributed by atoms with Crippen molar-refractivity contribution in [1.82, 2.24) is 4.57 Å². The number of anilines is 1. The zero-order valence-electron chi connectivity index (χ0n) is 15.7. The molecule has 7 nitrogen and oxygen atoms in total. The molecule has 4 rings (SSSR count). The largest absolute Gasteiger partial charge is 0.457 e. The highest BCUT2D eigenvalue weighted by atomic mass is 32.2. The van der Waals surface area contributed by atoms with Crippen molar-refractivity contribution >= 4 is 26.8 Å². The molecule has 0 radical (unpaired) electrons. The molecule has 1 heterocycles. The van der Waals surface area contributed by atoms with Gasteiger partial charge in [-0.1, -0.05) is 18.2 Å². The van der Waals surface area contributed by atoms with Gasteiger partial charge in [-0.2, -0.15) is 0 Å². The minimum absolute atomic E-state index is 0.0453. The van der Waals surface area contributed by atoms with Crippen LogP contribution in [-0.4, -0.2) is 13.0 Å². The number of fused-ring (bicyclic) bond motifs is 1. The number of oxazole rings is 1. The maximum absolute atomic E-state index is 12.9. The summed E-state index contributed by atoms with van der Waals surface area (Å²) in [5, 5.41) is 0. The fourth-order valence-corrected chi connectivity index (χ4v) is 4.28. The Bertz CT molecular complexity index is 1340. The van der Waals surface area contributed by atoms with E-state index in [1.54, 1.807) is 44.3 Å². The van der Waals surface area contributed by atoms with Crippen LogP contribution in [0.3, 0.4) is 0 Å². The number of nitrogens with one attached hydrogen (secondary N) is 1. The molecule has 29 heavy (non-hydrogen) atoms. The number of benzene rings is 3. The molecule has 1 N–H and O–H groups in total. The first-order valence-electron chi connectivity index (χ1n) is 8.79. The number of hydrogen-bond acceptors (Lipinski definition) is 5. The maximum Gasteiger partial charge on any atom is 0.419 e. The van der Waals surface area contributed by atoms with Crippen LogP contribution in [0.4, 0.5) is 5.69 Å². The van der Waals surface area contributed by atoms with E-state index in [1.165, 1.54) is 10.6 Å². The number of aryl methyl sites for hydroxylation is 2. The molecule has 0 saturated heterocycles. The number of rotatable bonds is 5. The monoisotopic (exact) mass is 410 g/mol. The van der Waals surface area contributed by atoms with E-state index in [0.717, 1.165) is 0 Å².